The summed E-state index contributed by atoms with van der Waals surface area (Å²) in [5.41, 5.74) is 5.26. The van der Waals surface area contributed by atoms with Crippen LogP contribution in [0, 0.1) is 0 Å². The predicted octanol–water partition coefficient (Wildman–Crippen LogP) is 1.43. The molecule has 0 amide bonds. The minimum Gasteiger partial charge on any atom is -0.375 e. The zero-order chi connectivity index (χ0) is 14.3. The SMILES string of the molecule is NC(=S)N1N[C@@H](c2ccccc2)C[C@@]1(O)C(F)(F)F. The molecule has 0 spiro atoms. The monoisotopic (exact) mass is 291 g/mol. The van der Waals surface area contributed by atoms with E-state index >= 15 is 0 Å². The van der Waals surface area contributed by atoms with Crippen molar-refractivity contribution in [2.45, 2.75) is 24.4 Å². The van der Waals surface area contributed by atoms with Crippen LogP contribution in [0.1, 0.15) is 18.0 Å². The Morgan fingerprint density at radius 1 is 1.42 bits per heavy atom. The molecule has 2 atom stereocenters. The van der Waals surface area contributed by atoms with Gasteiger partial charge in [-0.05, 0) is 17.8 Å². The van der Waals surface area contributed by atoms with Crippen LogP contribution >= 0.6 is 12.2 Å². The summed E-state index contributed by atoms with van der Waals surface area (Å²) in [5.74, 6) is 0. The second kappa shape index (κ2) is 4.62. The second-order valence-electron chi connectivity index (χ2n) is 4.28. The first-order chi connectivity index (χ1) is 8.75. The first kappa shape index (κ1) is 14.0. The summed E-state index contributed by atoms with van der Waals surface area (Å²) in [4.78, 5) is 0. The van der Waals surface area contributed by atoms with Gasteiger partial charge in [0, 0.05) is 6.42 Å². The third-order valence-electron chi connectivity index (χ3n) is 3.02. The van der Waals surface area contributed by atoms with E-state index in [-0.39, 0.29) is 0 Å². The fraction of sp³-hybridized carbons (Fsp3) is 0.364. The lowest BCUT2D eigenvalue weighted by Crippen LogP contribution is -2.61. The third-order valence-corrected chi connectivity index (χ3v) is 3.20. The van der Waals surface area contributed by atoms with E-state index in [1.807, 2.05) is 0 Å². The Labute approximate surface area is 113 Å². The zero-order valence-corrected chi connectivity index (χ0v) is 10.5. The minimum absolute atomic E-state index is 0.403. The molecule has 1 aromatic rings. The number of hydrogen-bond acceptors (Lipinski definition) is 3. The van der Waals surface area contributed by atoms with Crippen LogP contribution in [-0.2, 0) is 0 Å². The highest BCUT2D eigenvalue weighted by Crippen LogP contribution is 2.43. The lowest BCUT2D eigenvalue weighted by molar-refractivity contribution is -0.296. The number of rotatable bonds is 1. The van der Waals surface area contributed by atoms with Crippen molar-refractivity contribution in [3.8, 4) is 0 Å². The molecule has 19 heavy (non-hydrogen) atoms. The largest absolute Gasteiger partial charge is 0.438 e. The molecule has 8 heteroatoms. The molecule has 1 aromatic carbocycles. The first-order valence-corrected chi connectivity index (χ1v) is 5.86. The predicted molar refractivity (Wildman–Crippen MR) is 66.6 cm³/mol. The summed E-state index contributed by atoms with van der Waals surface area (Å²) in [6.45, 7) is 0. The minimum atomic E-state index is -4.87. The number of aliphatic hydroxyl groups is 1. The molecule has 0 saturated carbocycles. The van der Waals surface area contributed by atoms with Crippen LogP contribution in [0.4, 0.5) is 13.2 Å². The van der Waals surface area contributed by atoms with Crippen LogP contribution in [0.15, 0.2) is 30.3 Å². The molecule has 4 N–H and O–H groups in total. The van der Waals surface area contributed by atoms with E-state index in [2.05, 4.69) is 17.6 Å². The number of nitrogens with zero attached hydrogens (tertiary/aromatic N) is 1. The molecule has 1 heterocycles. The number of alkyl halides is 3. The maximum absolute atomic E-state index is 13.0. The molecule has 0 bridgehead atoms. The maximum Gasteiger partial charge on any atom is 0.438 e. The first-order valence-electron chi connectivity index (χ1n) is 5.45. The fourth-order valence-electron chi connectivity index (χ4n) is 2.05. The van der Waals surface area contributed by atoms with E-state index in [1.54, 1.807) is 30.3 Å². The second-order valence-corrected chi connectivity index (χ2v) is 4.70. The Morgan fingerprint density at radius 2 is 2.00 bits per heavy atom. The summed E-state index contributed by atoms with van der Waals surface area (Å²) in [6, 6.07) is 7.77. The highest BCUT2D eigenvalue weighted by Gasteiger charge is 2.63. The molecule has 1 aliphatic heterocycles. The van der Waals surface area contributed by atoms with E-state index in [1.165, 1.54) is 0 Å². The number of halogens is 3. The topological polar surface area (TPSA) is 61.5 Å². The van der Waals surface area contributed by atoms with Gasteiger partial charge in [-0.25, -0.2) is 10.4 Å². The van der Waals surface area contributed by atoms with Gasteiger partial charge < -0.3 is 10.8 Å². The van der Waals surface area contributed by atoms with Crippen LogP contribution in [-0.4, -0.2) is 27.1 Å². The summed E-state index contributed by atoms with van der Waals surface area (Å²) in [5, 5.41) is 9.71. The number of hydrogen-bond donors (Lipinski definition) is 3. The highest BCUT2D eigenvalue weighted by molar-refractivity contribution is 7.80. The molecule has 104 valence electrons. The molecule has 2 rings (SSSR count). The molecule has 1 fully saturated rings. The summed E-state index contributed by atoms with van der Waals surface area (Å²) >= 11 is 4.56. The Bertz CT molecular complexity index is 482. The molecular formula is C11H12F3N3OS. The Balaban J connectivity index is 2.34. The number of nitrogens with two attached hydrogens (primary N) is 1. The van der Waals surface area contributed by atoms with Crippen LogP contribution in [0.25, 0.3) is 0 Å². The number of benzene rings is 1. The average Bonchev–Trinajstić information content (AvgIpc) is 2.69. The van der Waals surface area contributed by atoms with Gasteiger partial charge >= 0.3 is 6.18 Å². The van der Waals surface area contributed by atoms with Gasteiger partial charge in [0.2, 0.25) is 0 Å². The van der Waals surface area contributed by atoms with Gasteiger partial charge in [-0.2, -0.15) is 13.2 Å². The van der Waals surface area contributed by atoms with Gasteiger partial charge in [0.15, 0.2) is 5.11 Å². The zero-order valence-electron chi connectivity index (χ0n) is 9.69. The van der Waals surface area contributed by atoms with Crippen LogP contribution in [0.3, 0.4) is 0 Å². The van der Waals surface area contributed by atoms with Crippen LogP contribution in [0.2, 0.25) is 0 Å². The molecule has 0 radical (unpaired) electrons. The molecular weight excluding hydrogens is 279 g/mol. The standard InChI is InChI=1S/C11H12F3N3OS/c12-11(13,14)10(18)6-8(16-17(10)9(15)19)7-4-2-1-3-5-7/h1-5,8,16,18H,6H2,(H2,15,19)/t8-,10-/m1/s1. The van der Waals surface area contributed by atoms with E-state index in [0.717, 1.165) is 0 Å². The normalized spacial score (nSPS) is 27.6. The quantitative estimate of drug-likeness (QED) is 0.683. The van der Waals surface area contributed by atoms with Crippen molar-refractivity contribution in [3.63, 3.8) is 0 Å². The van der Waals surface area contributed by atoms with Crippen molar-refractivity contribution in [1.82, 2.24) is 10.4 Å². The van der Waals surface area contributed by atoms with Crippen molar-refractivity contribution < 1.29 is 18.3 Å². The Kier molecular flexibility index (Phi) is 3.41. The smallest absolute Gasteiger partial charge is 0.375 e. The van der Waals surface area contributed by atoms with Crippen LogP contribution < -0.4 is 11.2 Å². The summed E-state index contributed by atoms with van der Waals surface area (Å²) < 4.78 is 39.0. The van der Waals surface area contributed by atoms with Crippen LogP contribution in [0.5, 0.6) is 0 Å². The van der Waals surface area contributed by atoms with Crippen molar-refractivity contribution in [3.05, 3.63) is 35.9 Å². The van der Waals surface area contributed by atoms with Crippen molar-refractivity contribution >= 4 is 17.3 Å². The molecule has 0 aromatic heterocycles. The fourth-order valence-corrected chi connectivity index (χ4v) is 2.25. The summed E-state index contributed by atoms with van der Waals surface area (Å²) in [6.07, 6.45) is -5.45. The molecule has 1 aliphatic rings. The van der Waals surface area contributed by atoms with Gasteiger partial charge in [-0.15, -0.1) is 0 Å². The number of thiocarbonyl (C=S) groups is 1. The molecule has 0 aliphatic carbocycles. The van der Waals surface area contributed by atoms with E-state index in [4.69, 9.17) is 5.73 Å². The number of hydrazine groups is 1. The third kappa shape index (κ3) is 2.38. The van der Waals surface area contributed by atoms with Crippen molar-refractivity contribution in [2.75, 3.05) is 0 Å². The van der Waals surface area contributed by atoms with Crippen molar-refractivity contribution in [2.24, 2.45) is 5.73 Å². The summed E-state index contributed by atoms with van der Waals surface area (Å²) in [7, 11) is 0. The van der Waals surface area contributed by atoms with Gasteiger partial charge in [-0.3, -0.25) is 0 Å². The van der Waals surface area contributed by atoms with E-state index in [9.17, 15) is 18.3 Å². The van der Waals surface area contributed by atoms with Gasteiger partial charge in [0.1, 0.15) is 0 Å². The lowest BCUT2D eigenvalue weighted by atomic mass is 9.99. The van der Waals surface area contributed by atoms with E-state index < -0.39 is 29.5 Å². The van der Waals surface area contributed by atoms with Gasteiger partial charge in [-0.1, -0.05) is 30.3 Å². The highest BCUT2D eigenvalue weighted by atomic mass is 32.1. The lowest BCUT2D eigenvalue weighted by Gasteiger charge is -2.34. The Hall–Kier alpha value is -1.38. The van der Waals surface area contributed by atoms with Crippen molar-refractivity contribution in [1.29, 1.82) is 0 Å². The maximum atomic E-state index is 13.0. The van der Waals surface area contributed by atoms with Gasteiger partial charge in [0.25, 0.3) is 5.72 Å². The van der Waals surface area contributed by atoms with E-state index in [0.29, 0.717) is 10.6 Å². The molecule has 4 nitrogen and oxygen atoms in total. The number of nitrogens with one attached hydrogen (secondary N) is 1. The molecule has 0 unspecified atom stereocenters. The Morgan fingerprint density at radius 3 is 2.42 bits per heavy atom. The van der Waals surface area contributed by atoms with Gasteiger partial charge in [0.05, 0.1) is 6.04 Å². The average molecular weight is 291 g/mol. The molecule has 1 saturated heterocycles.